The first-order chi connectivity index (χ1) is 11.9. The zero-order valence-corrected chi connectivity index (χ0v) is 15.0. The molecular formula is C18H26N4OS. The van der Waals surface area contributed by atoms with Crippen molar-refractivity contribution in [3.05, 3.63) is 46.5 Å². The van der Waals surface area contributed by atoms with E-state index in [1.54, 1.807) is 6.26 Å². The van der Waals surface area contributed by atoms with Crippen LogP contribution in [0.4, 0.5) is 0 Å². The Hall–Kier alpha value is -1.79. The molecule has 0 amide bonds. The molecular weight excluding hydrogens is 320 g/mol. The third-order valence-electron chi connectivity index (χ3n) is 4.23. The maximum absolute atomic E-state index is 5.36. The van der Waals surface area contributed by atoms with Gasteiger partial charge in [-0.25, -0.2) is 4.99 Å². The van der Waals surface area contributed by atoms with Crippen molar-refractivity contribution < 1.29 is 4.42 Å². The number of thiophene rings is 1. The second-order valence-electron chi connectivity index (χ2n) is 5.93. The van der Waals surface area contributed by atoms with E-state index >= 15 is 0 Å². The van der Waals surface area contributed by atoms with Gasteiger partial charge in [0.15, 0.2) is 5.96 Å². The zero-order chi connectivity index (χ0) is 16.6. The van der Waals surface area contributed by atoms with Crippen LogP contribution in [-0.2, 0) is 6.54 Å². The molecule has 1 aliphatic rings. The fourth-order valence-electron chi connectivity index (χ4n) is 3.04. The van der Waals surface area contributed by atoms with Crippen molar-refractivity contribution >= 4 is 17.3 Å². The summed E-state index contributed by atoms with van der Waals surface area (Å²) < 4.78 is 5.36. The van der Waals surface area contributed by atoms with Crippen molar-refractivity contribution in [3.8, 4) is 0 Å². The smallest absolute Gasteiger partial charge is 0.191 e. The highest BCUT2D eigenvalue weighted by Gasteiger charge is 2.24. The Morgan fingerprint density at radius 3 is 2.83 bits per heavy atom. The van der Waals surface area contributed by atoms with Gasteiger partial charge in [-0.1, -0.05) is 6.07 Å². The molecule has 3 heterocycles. The Morgan fingerprint density at radius 1 is 1.29 bits per heavy atom. The quantitative estimate of drug-likeness (QED) is 0.597. The molecule has 2 aromatic rings. The van der Waals surface area contributed by atoms with Crippen LogP contribution in [-0.4, -0.2) is 37.0 Å². The first-order valence-electron chi connectivity index (χ1n) is 8.69. The maximum Gasteiger partial charge on any atom is 0.191 e. The molecule has 0 saturated carbocycles. The maximum atomic E-state index is 5.36. The number of guanidine groups is 1. The summed E-state index contributed by atoms with van der Waals surface area (Å²) in [7, 11) is 0. The molecule has 6 heteroatoms. The number of hydrogen-bond acceptors (Lipinski definition) is 4. The first-order valence-corrected chi connectivity index (χ1v) is 9.57. The van der Waals surface area contributed by atoms with Crippen LogP contribution < -0.4 is 10.6 Å². The zero-order valence-electron chi connectivity index (χ0n) is 14.2. The van der Waals surface area contributed by atoms with Gasteiger partial charge in [-0.3, -0.25) is 4.90 Å². The van der Waals surface area contributed by atoms with Crippen LogP contribution >= 0.6 is 11.3 Å². The lowest BCUT2D eigenvalue weighted by Crippen LogP contribution is -2.42. The fraction of sp³-hybridized carbons (Fsp3) is 0.500. The number of aliphatic imine (C=N–C) groups is 1. The fourth-order valence-corrected chi connectivity index (χ4v) is 3.90. The molecule has 2 aromatic heterocycles. The number of furan rings is 1. The van der Waals surface area contributed by atoms with Crippen molar-refractivity contribution in [1.29, 1.82) is 0 Å². The van der Waals surface area contributed by atoms with E-state index in [1.807, 2.05) is 23.5 Å². The number of likely N-dealkylation sites (tertiary alicyclic amines) is 1. The molecule has 1 atom stereocenters. The van der Waals surface area contributed by atoms with Gasteiger partial charge in [0.1, 0.15) is 12.3 Å². The van der Waals surface area contributed by atoms with Gasteiger partial charge in [-0.05, 0) is 56.4 Å². The minimum atomic E-state index is 0.417. The van der Waals surface area contributed by atoms with Crippen LogP contribution in [0.2, 0.25) is 0 Å². The van der Waals surface area contributed by atoms with Crippen molar-refractivity contribution in [2.24, 2.45) is 4.99 Å². The minimum absolute atomic E-state index is 0.417. The molecule has 0 spiro atoms. The highest BCUT2D eigenvalue weighted by Crippen LogP contribution is 2.27. The molecule has 3 rings (SSSR count). The van der Waals surface area contributed by atoms with Crippen LogP contribution in [0.15, 0.2) is 45.3 Å². The van der Waals surface area contributed by atoms with Crippen LogP contribution in [0.5, 0.6) is 0 Å². The van der Waals surface area contributed by atoms with Crippen LogP contribution in [0.25, 0.3) is 0 Å². The standard InChI is InChI=1S/C18H26N4OS/c1-2-19-18(20-13-15-7-5-11-23-15)21-14-16(17-8-6-12-24-17)22-9-3-4-10-22/h5-8,11-12,16H,2-4,9-10,13-14H2,1H3,(H2,19,20,21). The number of nitrogens with zero attached hydrogens (tertiary/aromatic N) is 2. The SMILES string of the molecule is CCNC(=NCc1ccco1)NCC(c1cccs1)N1CCCC1. The lowest BCUT2D eigenvalue weighted by Gasteiger charge is -2.27. The summed E-state index contributed by atoms with van der Waals surface area (Å²) in [4.78, 5) is 8.62. The van der Waals surface area contributed by atoms with Gasteiger partial charge in [-0.15, -0.1) is 11.3 Å². The summed E-state index contributed by atoms with van der Waals surface area (Å²) >= 11 is 1.84. The molecule has 0 bridgehead atoms. The lowest BCUT2D eigenvalue weighted by atomic mass is 10.2. The van der Waals surface area contributed by atoms with Gasteiger partial charge in [0.05, 0.1) is 12.3 Å². The molecule has 24 heavy (non-hydrogen) atoms. The van der Waals surface area contributed by atoms with E-state index < -0.39 is 0 Å². The summed E-state index contributed by atoms with van der Waals surface area (Å²) in [5.74, 6) is 1.72. The molecule has 1 aliphatic heterocycles. The normalized spacial score (nSPS) is 17.1. The van der Waals surface area contributed by atoms with E-state index in [0.29, 0.717) is 12.6 Å². The largest absolute Gasteiger partial charge is 0.467 e. The highest BCUT2D eigenvalue weighted by atomic mass is 32.1. The number of rotatable bonds is 7. The number of nitrogens with one attached hydrogen (secondary N) is 2. The van der Waals surface area contributed by atoms with Crippen LogP contribution in [0, 0.1) is 0 Å². The topological polar surface area (TPSA) is 52.8 Å². The van der Waals surface area contributed by atoms with Gasteiger partial charge < -0.3 is 15.1 Å². The predicted molar refractivity (Wildman–Crippen MR) is 99.4 cm³/mol. The van der Waals surface area contributed by atoms with Crippen molar-refractivity contribution in [1.82, 2.24) is 15.5 Å². The summed E-state index contributed by atoms with van der Waals surface area (Å²) in [5.41, 5.74) is 0. The van der Waals surface area contributed by atoms with Crippen LogP contribution in [0.1, 0.15) is 36.4 Å². The molecule has 2 N–H and O–H groups in total. The molecule has 0 aliphatic carbocycles. The molecule has 1 saturated heterocycles. The molecule has 0 aromatic carbocycles. The van der Waals surface area contributed by atoms with E-state index in [0.717, 1.165) is 24.8 Å². The Labute approximate surface area is 147 Å². The summed E-state index contributed by atoms with van der Waals surface area (Å²) in [6.07, 6.45) is 4.29. The molecule has 130 valence electrons. The van der Waals surface area contributed by atoms with Gasteiger partial charge in [0.25, 0.3) is 0 Å². The predicted octanol–water partition coefficient (Wildman–Crippen LogP) is 3.23. The van der Waals surface area contributed by atoms with Gasteiger partial charge in [-0.2, -0.15) is 0 Å². The van der Waals surface area contributed by atoms with Gasteiger partial charge >= 0.3 is 0 Å². The molecule has 0 radical (unpaired) electrons. The summed E-state index contributed by atoms with van der Waals surface area (Å²) in [6, 6.07) is 8.64. The Bertz CT molecular complexity index is 603. The first kappa shape index (κ1) is 17.0. The van der Waals surface area contributed by atoms with E-state index in [1.165, 1.54) is 30.8 Å². The van der Waals surface area contributed by atoms with Gasteiger partial charge in [0.2, 0.25) is 0 Å². The third-order valence-corrected chi connectivity index (χ3v) is 5.21. The van der Waals surface area contributed by atoms with E-state index in [-0.39, 0.29) is 0 Å². The Morgan fingerprint density at radius 2 is 2.17 bits per heavy atom. The summed E-state index contributed by atoms with van der Waals surface area (Å²) in [5, 5.41) is 8.99. The van der Waals surface area contributed by atoms with Crippen molar-refractivity contribution in [3.63, 3.8) is 0 Å². The van der Waals surface area contributed by atoms with Crippen molar-refractivity contribution in [2.75, 3.05) is 26.2 Å². The molecule has 5 nitrogen and oxygen atoms in total. The highest BCUT2D eigenvalue weighted by molar-refractivity contribution is 7.10. The van der Waals surface area contributed by atoms with E-state index in [2.05, 4.69) is 45.0 Å². The molecule has 1 unspecified atom stereocenters. The number of hydrogen-bond donors (Lipinski definition) is 2. The third kappa shape index (κ3) is 4.61. The van der Waals surface area contributed by atoms with E-state index in [9.17, 15) is 0 Å². The second-order valence-corrected chi connectivity index (χ2v) is 6.91. The summed E-state index contributed by atoms with van der Waals surface area (Å²) in [6.45, 7) is 6.72. The Kier molecular flexibility index (Phi) is 6.32. The lowest BCUT2D eigenvalue weighted by molar-refractivity contribution is 0.249. The minimum Gasteiger partial charge on any atom is -0.467 e. The van der Waals surface area contributed by atoms with Gasteiger partial charge in [0, 0.05) is 18.0 Å². The van der Waals surface area contributed by atoms with Crippen molar-refractivity contribution in [2.45, 2.75) is 32.4 Å². The Balaban J connectivity index is 1.63. The average molecular weight is 347 g/mol. The monoisotopic (exact) mass is 346 g/mol. The van der Waals surface area contributed by atoms with E-state index in [4.69, 9.17) is 4.42 Å². The van der Waals surface area contributed by atoms with Crippen LogP contribution in [0.3, 0.4) is 0 Å². The molecule has 1 fully saturated rings. The second kappa shape index (κ2) is 8.89. The average Bonchev–Trinajstić information content (AvgIpc) is 3.35.